The van der Waals surface area contributed by atoms with Crippen LogP contribution in [-0.2, 0) is 61.0 Å². The molecule has 0 saturated heterocycles. The standard InChI is InChI=1S/C49H61N5O11S/c1-32(2)43(46(59)51-36(30-42(56)65-49(6,7)8)27-28-66(61,62)37-20-13-10-14-21-37)54-45(58)40(29-35-24-23-34-19-15-16-22-38(34)50-35)52-44(57)39(25-26-41(55)64-48(3,4)5)53-47(60)63-31-33-17-11-9-12-18-33/h9-24,27-28,32,36,39-40,43H,25-26,29-31H2,1-8H3,(H,51,59)(H,52,57)(H,53,60)(H,54,58). The third-order valence-electron chi connectivity index (χ3n) is 9.52. The fourth-order valence-electron chi connectivity index (χ4n) is 6.42. The van der Waals surface area contributed by atoms with E-state index in [0.29, 0.717) is 16.8 Å². The van der Waals surface area contributed by atoms with Gasteiger partial charge in [0.05, 0.1) is 22.9 Å². The Morgan fingerprint density at radius 2 is 1.26 bits per heavy atom. The number of para-hydroxylation sites is 1. The highest BCUT2D eigenvalue weighted by Crippen LogP contribution is 2.17. The largest absolute Gasteiger partial charge is 0.460 e. The molecule has 4 unspecified atom stereocenters. The van der Waals surface area contributed by atoms with E-state index in [0.717, 1.165) is 10.8 Å². The summed E-state index contributed by atoms with van der Waals surface area (Å²) in [5.74, 6) is -4.34. The highest BCUT2D eigenvalue weighted by Gasteiger charge is 2.33. The van der Waals surface area contributed by atoms with E-state index < -0.39 is 93.3 Å². The number of aromatic nitrogens is 1. The normalized spacial score (nSPS) is 13.8. The molecule has 1 aromatic heterocycles. The number of pyridine rings is 1. The minimum atomic E-state index is -3.99. The summed E-state index contributed by atoms with van der Waals surface area (Å²) in [6, 6.07) is 22.0. The Kier molecular flexibility index (Phi) is 18.5. The number of hydrogen-bond acceptors (Lipinski definition) is 12. The summed E-state index contributed by atoms with van der Waals surface area (Å²) >= 11 is 0. The Balaban J connectivity index is 1.63. The third-order valence-corrected chi connectivity index (χ3v) is 11.0. The van der Waals surface area contributed by atoms with Gasteiger partial charge in [0.15, 0.2) is 9.84 Å². The quantitative estimate of drug-likeness (QED) is 0.0590. The Hall–Kier alpha value is -6.62. The Morgan fingerprint density at radius 3 is 1.89 bits per heavy atom. The molecular weight excluding hydrogens is 867 g/mol. The maximum Gasteiger partial charge on any atom is 0.408 e. The number of carbonyl (C=O) groups excluding carboxylic acids is 6. The maximum atomic E-state index is 14.4. The second-order valence-electron chi connectivity index (χ2n) is 18.0. The number of hydrogen-bond donors (Lipinski definition) is 4. The molecule has 16 nitrogen and oxygen atoms in total. The molecular formula is C49H61N5O11S. The van der Waals surface area contributed by atoms with Crippen LogP contribution in [-0.4, -0.2) is 84.5 Å². The van der Waals surface area contributed by atoms with Crippen molar-refractivity contribution < 1.29 is 51.4 Å². The van der Waals surface area contributed by atoms with Crippen LogP contribution < -0.4 is 21.3 Å². The number of ether oxygens (including phenoxy) is 3. The van der Waals surface area contributed by atoms with E-state index in [-0.39, 0.29) is 30.8 Å². The van der Waals surface area contributed by atoms with Crippen molar-refractivity contribution in [2.24, 2.45) is 5.92 Å². The Bertz CT molecular complexity index is 2450. The monoisotopic (exact) mass is 927 g/mol. The lowest BCUT2D eigenvalue weighted by molar-refractivity contribution is -0.156. The van der Waals surface area contributed by atoms with Gasteiger partial charge in [-0.3, -0.25) is 29.0 Å². The summed E-state index contributed by atoms with van der Waals surface area (Å²) in [7, 11) is -3.99. The number of nitrogens with zero attached hydrogens (tertiary/aromatic N) is 1. The van der Waals surface area contributed by atoms with Crippen LogP contribution in [0.5, 0.6) is 0 Å². The van der Waals surface area contributed by atoms with Crippen molar-refractivity contribution in [2.75, 3.05) is 0 Å². The van der Waals surface area contributed by atoms with E-state index in [9.17, 15) is 37.2 Å². The molecule has 66 heavy (non-hydrogen) atoms. The molecule has 0 bridgehead atoms. The number of carbonyl (C=O) groups is 6. The van der Waals surface area contributed by atoms with Gasteiger partial charge >= 0.3 is 18.0 Å². The second-order valence-corrected chi connectivity index (χ2v) is 19.8. The van der Waals surface area contributed by atoms with Gasteiger partial charge in [0.1, 0.15) is 35.9 Å². The summed E-state index contributed by atoms with van der Waals surface area (Å²) < 4.78 is 42.6. The number of rotatable bonds is 20. The second kappa shape index (κ2) is 23.5. The van der Waals surface area contributed by atoms with Crippen LogP contribution in [0.4, 0.5) is 4.79 Å². The molecule has 4 atom stereocenters. The summed E-state index contributed by atoms with van der Waals surface area (Å²) in [4.78, 5) is 86.4. The van der Waals surface area contributed by atoms with E-state index in [2.05, 4.69) is 26.3 Å². The first kappa shape index (κ1) is 52.0. The highest BCUT2D eigenvalue weighted by atomic mass is 32.2. The predicted octanol–water partition coefficient (Wildman–Crippen LogP) is 6.02. The first-order chi connectivity index (χ1) is 31.0. The van der Waals surface area contributed by atoms with E-state index in [1.54, 1.807) is 122 Å². The van der Waals surface area contributed by atoms with Gasteiger partial charge in [-0.05, 0) is 89.8 Å². The summed E-state index contributed by atoms with van der Waals surface area (Å²) in [6.45, 7) is 13.3. The number of amides is 4. The first-order valence-electron chi connectivity index (χ1n) is 21.6. The molecule has 0 aliphatic rings. The van der Waals surface area contributed by atoms with Crippen LogP contribution in [0.15, 0.2) is 113 Å². The number of esters is 2. The van der Waals surface area contributed by atoms with Crippen molar-refractivity contribution in [1.29, 1.82) is 0 Å². The lowest BCUT2D eigenvalue weighted by Gasteiger charge is -2.28. The number of nitrogens with one attached hydrogen (secondary N) is 4. The van der Waals surface area contributed by atoms with Crippen LogP contribution in [0.2, 0.25) is 0 Å². The minimum Gasteiger partial charge on any atom is -0.460 e. The Morgan fingerprint density at radius 1 is 0.667 bits per heavy atom. The number of sulfone groups is 1. The van der Waals surface area contributed by atoms with Gasteiger partial charge < -0.3 is 35.5 Å². The van der Waals surface area contributed by atoms with Crippen molar-refractivity contribution in [2.45, 2.75) is 128 Å². The first-order valence-corrected chi connectivity index (χ1v) is 23.2. The average Bonchev–Trinajstić information content (AvgIpc) is 3.24. The molecule has 0 fully saturated rings. The molecule has 0 radical (unpaired) electrons. The van der Waals surface area contributed by atoms with Gasteiger partial charge in [-0.15, -0.1) is 0 Å². The fraction of sp³-hybridized carbons (Fsp3) is 0.408. The molecule has 3 aromatic carbocycles. The third kappa shape index (κ3) is 17.7. The van der Waals surface area contributed by atoms with Gasteiger partial charge in [0.25, 0.3) is 0 Å². The summed E-state index contributed by atoms with van der Waals surface area (Å²) in [5, 5.41) is 12.4. The van der Waals surface area contributed by atoms with Gasteiger partial charge in [-0.2, -0.15) is 0 Å². The minimum absolute atomic E-state index is 0.00346. The molecule has 4 aromatic rings. The van der Waals surface area contributed by atoms with E-state index in [4.69, 9.17) is 14.2 Å². The van der Waals surface area contributed by atoms with Crippen LogP contribution in [0.3, 0.4) is 0 Å². The predicted molar refractivity (Wildman–Crippen MR) is 248 cm³/mol. The van der Waals surface area contributed by atoms with Crippen LogP contribution >= 0.6 is 0 Å². The fourth-order valence-corrected chi connectivity index (χ4v) is 7.51. The van der Waals surface area contributed by atoms with E-state index >= 15 is 0 Å². The zero-order chi connectivity index (χ0) is 48.7. The smallest absolute Gasteiger partial charge is 0.408 e. The van der Waals surface area contributed by atoms with Gasteiger partial charge in [0, 0.05) is 29.3 Å². The van der Waals surface area contributed by atoms with Gasteiger partial charge in [-0.25, -0.2) is 13.2 Å². The molecule has 354 valence electrons. The summed E-state index contributed by atoms with van der Waals surface area (Å²) in [6.07, 6.45) is -0.907. The maximum absolute atomic E-state index is 14.4. The molecule has 0 spiro atoms. The van der Waals surface area contributed by atoms with E-state index in [1.165, 1.54) is 18.2 Å². The molecule has 0 aliphatic heterocycles. The lowest BCUT2D eigenvalue weighted by Crippen LogP contribution is -2.59. The molecule has 17 heteroatoms. The zero-order valence-electron chi connectivity index (χ0n) is 38.7. The van der Waals surface area contributed by atoms with Crippen molar-refractivity contribution in [3.63, 3.8) is 0 Å². The SMILES string of the molecule is CC(C)C(NC(=O)C(Cc1ccc2ccccc2n1)NC(=O)C(CCC(=O)OC(C)(C)C)NC(=O)OCc1ccccc1)C(=O)NC(C=CS(=O)(=O)c1ccccc1)CC(=O)OC(C)(C)C. The molecule has 4 rings (SSSR count). The van der Waals surface area contributed by atoms with Crippen LogP contribution in [0.1, 0.15) is 85.9 Å². The molecule has 0 saturated carbocycles. The van der Waals surface area contributed by atoms with Crippen molar-refractivity contribution in [3.05, 3.63) is 120 Å². The average molecular weight is 928 g/mol. The summed E-state index contributed by atoms with van der Waals surface area (Å²) in [5.41, 5.74) is 0.0123. The molecule has 4 N–H and O–H groups in total. The van der Waals surface area contributed by atoms with Crippen molar-refractivity contribution in [1.82, 2.24) is 26.3 Å². The van der Waals surface area contributed by atoms with Gasteiger partial charge in [-0.1, -0.05) is 86.6 Å². The van der Waals surface area contributed by atoms with E-state index in [1.807, 2.05) is 18.2 Å². The molecule has 0 aliphatic carbocycles. The van der Waals surface area contributed by atoms with Crippen molar-refractivity contribution in [3.8, 4) is 0 Å². The lowest BCUT2D eigenvalue weighted by atomic mass is 10.0. The highest BCUT2D eigenvalue weighted by molar-refractivity contribution is 7.94. The topological polar surface area (TPSA) is 225 Å². The Labute approximate surface area is 386 Å². The van der Waals surface area contributed by atoms with Crippen molar-refractivity contribution >= 4 is 56.5 Å². The van der Waals surface area contributed by atoms with Gasteiger partial charge in [0.2, 0.25) is 17.7 Å². The molecule has 1 heterocycles. The van der Waals surface area contributed by atoms with Crippen LogP contribution in [0, 0.1) is 5.92 Å². The number of benzene rings is 3. The molecule has 4 amide bonds. The zero-order valence-corrected chi connectivity index (χ0v) is 39.5. The number of alkyl carbamates (subject to hydrolysis) is 1. The van der Waals surface area contributed by atoms with Crippen LogP contribution in [0.25, 0.3) is 10.9 Å². The number of fused-ring (bicyclic) bond motifs is 1.